The van der Waals surface area contributed by atoms with E-state index in [4.69, 9.17) is 18.9 Å². The smallest absolute Gasteiger partial charge is 0.338 e. The van der Waals surface area contributed by atoms with Crippen molar-refractivity contribution in [3.05, 3.63) is 53.1 Å². The van der Waals surface area contributed by atoms with Crippen LogP contribution in [0.2, 0.25) is 0 Å². The quantitative estimate of drug-likeness (QED) is 0.0191. The zero-order chi connectivity index (χ0) is 48.4. The molecule has 2 atom stereocenters. The summed E-state index contributed by atoms with van der Waals surface area (Å²) in [6, 6.07) is 6.68. The summed E-state index contributed by atoms with van der Waals surface area (Å²) in [5.41, 5.74) is -0.0216. The third-order valence-electron chi connectivity index (χ3n) is 12.5. The third kappa shape index (κ3) is 19.1. The van der Waals surface area contributed by atoms with E-state index in [0.29, 0.717) is 12.8 Å². The van der Waals surface area contributed by atoms with E-state index in [1.54, 1.807) is 0 Å². The molecule has 3 aromatic rings. The van der Waals surface area contributed by atoms with Gasteiger partial charge in [0.1, 0.15) is 23.4 Å². The van der Waals surface area contributed by atoms with Crippen molar-refractivity contribution < 1.29 is 64.0 Å². The fraction of sp³-hybridized carbons (Fsp3) is 0.611. The Kier molecular flexibility index (Phi) is 24.4. The molecule has 1 aliphatic rings. The number of unbranched alkanes of at least 4 members (excludes halogenated alkanes) is 24. The molecular weight excluding hydrogens is 857 g/mol. The Bertz CT molecular complexity index is 1930. The van der Waals surface area contributed by atoms with Crippen molar-refractivity contribution >= 4 is 17.9 Å². The highest BCUT2D eigenvalue weighted by Crippen LogP contribution is 2.47. The Morgan fingerprint density at radius 1 is 0.493 bits per heavy atom. The summed E-state index contributed by atoms with van der Waals surface area (Å²) < 4.78 is 22.6. The molecule has 0 bridgehead atoms. The van der Waals surface area contributed by atoms with E-state index < -0.39 is 64.6 Å². The number of fused-ring (bicyclic) bond motifs is 1. The highest BCUT2D eigenvalue weighted by Gasteiger charge is 2.38. The number of benzene rings is 3. The molecular formula is C54H78O13. The molecule has 0 saturated carbocycles. The predicted octanol–water partition coefficient (Wildman–Crippen LogP) is 13.6. The van der Waals surface area contributed by atoms with E-state index in [0.717, 1.165) is 56.7 Å². The number of hydrogen-bond acceptors (Lipinski definition) is 13. The molecule has 0 aliphatic carbocycles. The molecule has 0 saturated heterocycles. The molecule has 0 unspecified atom stereocenters. The van der Waals surface area contributed by atoms with Crippen molar-refractivity contribution in [1.29, 1.82) is 0 Å². The number of phenolic OH excluding ortho intramolecular Hbond substituents is 6. The number of esters is 3. The highest BCUT2D eigenvalue weighted by molar-refractivity contribution is 5.91. The Balaban J connectivity index is 1.29. The highest BCUT2D eigenvalue weighted by atomic mass is 16.6. The summed E-state index contributed by atoms with van der Waals surface area (Å²) >= 11 is 0. The van der Waals surface area contributed by atoms with Gasteiger partial charge in [0.15, 0.2) is 29.1 Å². The Hall–Kier alpha value is -5.33. The zero-order valence-corrected chi connectivity index (χ0v) is 40.2. The summed E-state index contributed by atoms with van der Waals surface area (Å²) in [6.45, 7) is 4.45. The molecule has 1 aliphatic heterocycles. The van der Waals surface area contributed by atoms with Gasteiger partial charge in [0.05, 0.1) is 5.56 Å². The number of phenols is 6. The fourth-order valence-corrected chi connectivity index (χ4v) is 8.65. The number of carbonyl (C=O) groups is 3. The second-order valence-electron chi connectivity index (χ2n) is 18.3. The Morgan fingerprint density at radius 3 is 1.27 bits per heavy atom. The summed E-state index contributed by atoms with van der Waals surface area (Å²) in [5.74, 6) is -6.35. The van der Waals surface area contributed by atoms with Crippen LogP contribution in [0.5, 0.6) is 51.7 Å². The van der Waals surface area contributed by atoms with Gasteiger partial charge < -0.3 is 49.6 Å². The van der Waals surface area contributed by atoms with Crippen molar-refractivity contribution in [2.24, 2.45) is 0 Å². The van der Waals surface area contributed by atoms with Crippen LogP contribution in [-0.4, -0.2) is 54.7 Å². The van der Waals surface area contributed by atoms with Gasteiger partial charge in [-0.05, 0) is 37.1 Å². The topological polar surface area (TPSA) is 210 Å². The van der Waals surface area contributed by atoms with E-state index in [2.05, 4.69) is 13.8 Å². The van der Waals surface area contributed by atoms with E-state index in [9.17, 15) is 45.0 Å². The minimum absolute atomic E-state index is 0.0438. The van der Waals surface area contributed by atoms with Crippen LogP contribution in [0.15, 0.2) is 36.4 Å². The average Bonchev–Trinajstić information content (AvgIpc) is 3.29. The predicted molar refractivity (Wildman–Crippen MR) is 257 cm³/mol. The van der Waals surface area contributed by atoms with Crippen molar-refractivity contribution in [3.8, 4) is 51.7 Å². The van der Waals surface area contributed by atoms with Gasteiger partial charge in [-0.15, -0.1) is 0 Å². The van der Waals surface area contributed by atoms with Gasteiger partial charge in [-0.2, -0.15) is 0 Å². The molecule has 0 radical (unpaired) electrons. The van der Waals surface area contributed by atoms with Crippen molar-refractivity contribution in [1.82, 2.24) is 0 Å². The maximum atomic E-state index is 13.6. The molecule has 13 nitrogen and oxygen atoms in total. The lowest BCUT2D eigenvalue weighted by Crippen LogP contribution is -2.34. The van der Waals surface area contributed by atoms with E-state index in [1.807, 2.05) is 0 Å². The molecule has 0 amide bonds. The van der Waals surface area contributed by atoms with E-state index in [-0.39, 0.29) is 53.2 Å². The molecule has 0 spiro atoms. The molecule has 372 valence electrons. The van der Waals surface area contributed by atoms with E-state index in [1.165, 1.54) is 134 Å². The van der Waals surface area contributed by atoms with Gasteiger partial charge in [0, 0.05) is 42.5 Å². The van der Waals surface area contributed by atoms with Crippen LogP contribution in [-0.2, 0) is 20.7 Å². The maximum absolute atomic E-state index is 13.6. The third-order valence-corrected chi connectivity index (χ3v) is 12.5. The lowest BCUT2D eigenvalue weighted by molar-refractivity contribution is -0.135. The SMILES string of the molecule is CCCCCCCCCCCCCCCC(=O)Oc1c(O)cc(C(=O)O[C@@H]2Cc3c(O)cc(O)cc3O[C@@H]2c2cc(O)c(OC(=O)CCCCCCCCCCCCCCC)c(O)c2)cc1O. The number of carbonyl (C=O) groups excluding carboxylic acids is 3. The van der Waals surface area contributed by atoms with Gasteiger partial charge in [-0.1, -0.05) is 168 Å². The monoisotopic (exact) mass is 935 g/mol. The van der Waals surface area contributed by atoms with Crippen molar-refractivity contribution in [2.75, 3.05) is 0 Å². The number of hydrogen-bond donors (Lipinski definition) is 6. The minimum Gasteiger partial charge on any atom is -0.508 e. The number of aromatic hydroxyl groups is 6. The van der Waals surface area contributed by atoms with Crippen LogP contribution in [0, 0.1) is 0 Å². The average molecular weight is 935 g/mol. The van der Waals surface area contributed by atoms with E-state index >= 15 is 0 Å². The second kappa shape index (κ2) is 30.1. The lowest BCUT2D eigenvalue weighted by atomic mass is 9.93. The number of ether oxygens (including phenoxy) is 4. The van der Waals surface area contributed by atoms with Gasteiger partial charge in [-0.25, -0.2) is 4.79 Å². The Labute approximate surface area is 397 Å². The van der Waals surface area contributed by atoms with Gasteiger partial charge in [0.25, 0.3) is 0 Å². The van der Waals surface area contributed by atoms with Gasteiger partial charge in [-0.3, -0.25) is 9.59 Å². The van der Waals surface area contributed by atoms with Crippen LogP contribution in [0.1, 0.15) is 221 Å². The second-order valence-corrected chi connectivity index (χ2v) is 18.3. The van der Waals surface area contributed by atoms with Crippen LogP contribution in [0.3, 0.4) is 0 Å². The molecule has 1 heterocycles. The molecule has 0 fully saturated rings. The first-order valence-electron chi connectivity index (χ1n) is 25.4. The molecule has 67 heavy (non-hydrogen) atoms. The fourth-order valence-electron chi connectivity index (χ4n) is 8.65. The molecule has 0 aromatic heterocycles. The molecule has 4 rings (SSSR count). The lowest BCUT2D eigenvalue weighted by Gasteiger charge is -2.34. The van der Waals surface area contributed by atoms with Crippen LogP contribution < -0.4 is 14.2 Å². The largest absolute Gasteiger partial charge is 0.508 e. The molecule has 3 aromatic carbocycles. The normalized spacial score (nSPS) is 14.3. The molecule has 13 heteroatoms. The maximum Gasteiger partial charge on any atom is 0.338 e. The molecule has 6 N–H and O–H groups in total. The van der Waals surface area contributed by atoms with Gasteiger partial charge >= 0.3 is 17.9 Å². The number of rotatable bonds is 33. The van der Waals surface area contributed by atoms with Crippen LogP contribution >= 0.6 is 0 Å². The first-order valence-corrected chi connectivity index (χ1v) is 25.4. The Morgan fingerprint density at radius 2 is 0.866 bits per heavy atom. The summed E-state index contributed by atoms with van der Waals surface area (Å²) in [7, 11) is 0. The van der Waals surface area contributed by atoms with Crippen LogP contribution in [0.4, 0.5) is 0 Å². The first kappa shape index (κ1) is 54.3. The summed E-state index contributed by atoms with van der Waals surface area (Å²) in [4.78, 5) is 39.0. The van der Waals surface area contributed by atoms with Crippen molar-refractivity contribution in [3.63, 3.8) is 0 Å². The zero-order valence-electron chi connectivity index (χ0n) is 40.2. The summed E-state index contributed by atoms with van der Waals surface area (Å²) in [6.07, 6.45) is 27.6. The van der Waals surface area contributed by atoms with Gasteiger partial charge in [0.2, 0.25) is 11.5 Å². The standard InChI is InChI=1S/C54H78O13/c1-3-5-7-9-11-13-15-17-19-21-23-25-27-29-49(61)66-52-43(57)31-38(32-44(52)58)51-48(37-41-42(56)35-40(55)36-47(41)64-51)65-54(63)39-33-45(59)53(46(60)34-39)67-50(62)30-28-26-24-22-20-18-16-14-12-10-8-6-4-2/h31-36,48,51,55-60H,3-30,37H2,1-2H3/t48-,51-/m1/s1. The van der Waals surface area contributed by atoms with Crippen LogP contribution in [0.25, 0.3) is 0 Å². The minimum atomic E-state index is -1.25. The first-order chi connectivity index (χ1) is 32.4. The summed E-state index contributed by atoms with van der Waals surface area (Å²) in [5, 5.41) is 64.3. The van der Waals surface area contributed by atoms with Crippen molar-refractivity contribution in [2.45, 2.75) is 212 Å².